The molecule has 0 saturated heterocycles. The Morgan fingerprint density at radius 1 is 1.19 bits per heavy atom. The number of nitrogens with zero attached hydrogens (tertiary/aromatic N) is 2. The maximum Gasteiger partial charge on any atom is 0.146 e. The molecule has 0 atom stereocenters. The molecule has 0 spiro atoms. The van der Waals surface area contributed by atoms with Crippen molar-refractivity contribution in [3.63, 3.8) is 0 Å². The van der Waals surface area contributed by atoms with Gasteiger partial charge in [0.1, 0.15) is 17.3 Å². The molecule has 106 valence electrons. The van der Waals surface area contributed by atoms with Crippen molar-refractivity contribution in [1.82, 2.24) is 9.55 Å². The first kappa shape index (κ1) is 13.5. The van der Waals surface area contributed by atoms with E-state index in [1.807, 2.05) is 42.0 Å². The van der Waals surface area contributed by atoms with E-state index in [9.17, 15) is 0 Å². The third-order valence-corrected chi connectivity index (χ3v) is 3.40. The van der Waals surface area contributed by atoms with E-state index in [-0.39, 0.29) is 0 Å². The summed E-state index contributed by atoms with van der Waals surface area (Å²) in [6.07, 6.45) is 3.67. The van der Waals surface area contributed by atoms with E-state index in [1.165, 1.54) is 0 Å². The predicted molar refractivity (Wildman–Crippen MR) is 84.2 cm³/mol. The van der Waals surface area contributed by atoms with Crippen LogP contribution in [-0.4, -0.2) is 9.55 Å². The van der Waals surface area contributed by atoms with E-state index in [0.717, 1.165) is 11.5 Å². The number of nitrogens with two attached hydrogens (primary N) is 1. The van der Waals surface area contributed by atoms with Gasteiger partial charge < -0.3 is 15.0 Å². The fourth-order valence-electron chi connectivity index (χ4n) is 2.07. The van der Waals surface area contributed by atoms with Crippen LogP contribution in [0.1, 0.15) is 5.82 Å². The summed E-state index contributed by atoms with van der Waals surface area (Å²) in [6, 6.07) is 12.9. The molecule has 4 nitrogen and oxygen atoms in total. The van der Waals surface area contributed by atoms with Crippen LogP contribution in [0.5, 0.6) is 11.5 Å². The Morgan fingerprint density at radius 3 is 2.76 bits per heavy atom. The maximum absolute atomic E-state index is 6.12. The van der Waals surface area contributed by atoms with Gasteiger partial charge in [-0.1, -0.05) is 17.7 Å². The van der Waals surface area contributed by atoms with E-state index >= 15 is 0 Å². The average Bonchev–Trinajstić information content (AvgIpc) is 2.89. The van der Waals surface area contributed by atoms with Gasteiger partial charge in [0.25, 0.3) is 0 Å². The van der Waals surface area contributed by atoms with Crippen molar-refractivity contribution in [2.75, 3.05) is 5.73 Å². The molecule has 1 heterocycles. The topological polar surface area (TPSA) is 53.1 Å². The Labute approximate surface area is 127 Å². The Balaban J connectivity index is 1.92. The van der Waals surface area contributed by atoms with Crippen molar-refractivity contribution in [3.05, 3.63) is 65.7 Å². The first-order chi connectivity index (χ1) is 10.1. The highest BCUT2D eigenvalue weighted by atomic mass is 35.5. The fraction of sp³-hybridized carbons (Fsp3) is 0.0625. The molecule has 5 heteroatoms. The summed E-state index contributed by atoms with van der Waals surface area (Å²) < 4.78 is 7.81. The van der Waals surface area contributed by atoms with Gasteiger partial charge in [0.15, 0.2) is 0 Å². The van der Waals surface area contributed by atoms with Crippen LogP contribution in [0.3, 0.4) is 0 Å². The number of benzene rings is 2. The van der Waals surface area contributed by atoms with Crippen molar-refractivity contribution in [1.29, 1.82) is 0 Å². The zero-order chi connectivity index (χ0) is 14.8. The minimum atomic E-state index is 0.485. The molecule has 0 saturated carbocycles. The lowest BCUT2D eigenvalue weighted by Crippen LogP contribution is -1.96. The van der Waals surface area contributed by atoms with Crippen molar-refractivity contribution >= 4 is 17.3 Å². The largest absolute Gasteiger partial charge is 0.456 e. The number of aromatic nitrogens is 2. The van der Waals surface area contributed by atoms with Crippen LogP contribution in [0.25, 0.3) is 5.69 Å². The standard InChI is InChI=1S/C16H14ClN3O/c1-11-19-7-8-20(11)13-3-2-4-14(10-13)21-16-6-5-12(18)9-15(16)17/h2-10H,18H2,1H3. The van der Waals surface area contributed by atoms with Crippen molar-refractivity contribution in [2.45, 2.75) is 6.92 Å². The smallest absolute Gasteiger partial charge is 0.146 e. The summed E-state index contributed by atoms with van der Waals surface area (Å²) >= 11 is 6.12. The predicted octanol–water partition coefficient (Wildman–Crippen LogP) is 4.21. The van der Waals surface area contributed by atoms with Crippen LogP contribution >= 0.6 is 11.6 Å². The average molecular weight is 300 g/mol. The number of rotatable bonds is 3. The molecule has 0 fully saturated rings. The molecule has 0 bridgehead atoms. The second-order valence-corrected chi connectivity index (χ2v) is 5.04. The number of ether oxygens (including phenoxy) is 1. The molecular weight excluding hydrogens is 286 g/mol. The molecule has 21 heavy (non-hydrogen) atoms. The van der Waals surface area contributed by atoms with Crippen LogP contribution in [0.2, 0.25) is 5.02 Å². The van der Waals surface area contributed by atoms with E-state index in [4.69, 9.17) is 22.1 Å². The quantitative estimate of drug-likeness (QED) is 0.737. The Morgan fingerprint density at radius 2 is 2.05 bits per heavy atom. The molecule has 1 aromatic heterocycles. The summed E-state index contributed by atoms with van der Waals surface area (Å²) in [5, 5.41) is 0.485. The van der Waals surface area contributed by atoms with Gasteiger partial charge in [-0.3, -0.25) is 0 Å². The number of nitrogen functional groups attached to an aromatic ring is 1. The van der Waals surface area contributed by atoms with Crippen molar-refractivity contribution < 1.29 is 4.74 Å². The highest BCUT2D eigenvalue weighted by Gasteiger charge is 2.06. The minimum absolute atomic E-state index is 0.485. The number of imidazole rings is 1. The molecule has 0 amide bonds. The van der Waals surface area contributed by atoms with Crippen LogP contribution in [0, 0.1) is 6.92 Å². The SMILES string of the molecule is Cc1nccn1-c1cccc(Oc2ccc(N)cc2Cl)c1. The highest BCUT2D eigenvalue weighted by molar-refractivity contribution is 6.32. The van der Waals surface area contributed by atoms with Crippen molar-refractivity contribution in [2.24, 2.45) is 0 Å². The Bertz CT molecular complexity index is 783. The number of aryl methyl sites for hydroxylation is 1. The monoisotopic (exact) mass is 299 g/mol. The molecule has 2 aromatic carbocycles. The molecule has 2 N–H and O–H groups in total. The van der Waals surface area contributed by atoms with Gasteiger partial charge in [-0.25, -0.2) is 4.98 Å². The van der Waals surface area contributed by atoms with Gasteiger partial charge in [-0.2, -0.15) is 0 Å². The third-order valence-electron chi connectivity index (χ3n) is 3.11. The zero-order valence-corrected chi connectivity index (χ0v) is 12.2. The fourth-order valence-corrected chi connectivity index (χ4v) is 2.30. The van der Waals surface area contributed by atoms with Crippen LogP contribution in [0.4, 0.5) is 5.69 Å². The van der Waals surface area contributed by atoms with Crippen LogP contribution < -0.4 is 10.5 Å². The Hall–Kier alpha value is -2.46. The number of halogens is 1. The zero-order valence-electron chi connectivity index (χ0n) is 11.5. The van der Waals surface area contributed by atoms with Gasteiger partial charge >= 0.3 is 0 Å². The highest BCUT2D eigenvalue weighted by Crippen LogP contribution is 2.31. The molecule has 0 aliphatic heterocycles. The Kier molecular flexibility index (Phi) is 3.54. The minimum Gasteiger partial charge on any atom is -0.456 e. The molecule has 0 unspecified atom stereocenters. The maximum atomic E-state index is 6.12. The summed E-state index contributed by atoms with van der Waals surface area (Å²) in [5.74, 6) is 2.19. The van der Waals surface area contributed by atoms with E-state index < -0.39 is 0 Å². The molecule has 3 aromatic rings. The summed E-state index contributed by atoms with van der Waals surface area (Å²) in [6.45, 7) is 1.95. The van der Waals surface area contributed by atoms with Gasteiger partial charge in [0.2, 0.25) is 0 Å². The summed E-state index contributed by atoms with van der Waals surface area (Å²) in [7, 11) is 0. The lowest BCUT2D eigenvalue weighted by molar-refractivity contribution is 0.482. The lowest BCUT2D eigenvalue weighted by Gasteiger charge is -2.10. The van der Waals surface area contributed by atoms with Crippen LogP contribution in [-0.2, 0) is 0 Å². The molecular formula is C16H14ClN3O. The van der Waals surface area contributed by atoms with Gasteiger partial charge in [-0.15, -0.1) is 0 Å². The second-order valence-electron chi connectivity index (χ2n) is 4.63. The van der Waals surface area contributed by atoms with Gasteiger partial charge in [0, 0.05) is 24.1 Å². The normalized spacial score (nSPS) is 10.6. The van der Waals surface area contributed by atoms with E-state index in [2.05, 4.69) is 4.98 Å². The van der Waals surface area contributed by atoms with E-state index in [0.29, 0.717) is 22.2 Å². The van der Waals surface area contributed by atoms with Crippen molar-refractivity contribution in [3.8, 4) is 17.2 Å². The second kappa shape index (κ2) is 5.50. The molecule has 3 rings (SSSR count). The first-order valence-corrected chi connectivity index (χ1v) is 6.84. The van der Waals surface area contributed by atoms with Gasteiger partial charge in [0.05, 0.1) is 10.7 Å². The van der Waals surface area contributed by atoms with Gasteiger partial charge in [-0.05, 0) is 37.3 Å². The molecule has 0 radical (unpaired) electrons. The summed E-state index contributed by atoms with van der Waals surface area (Å²) in [5.41, 5.74) is 7.26. The summed E-state index contributed by atoms with van der Waals surface area (Å²) in [4.78, 5) is 4.22. The number of anilines is 1. The van der Waals surface area contributed by atoms with Crippen LogP contribution in [0.15, 0.2) is 54.9 Å². The molecule has 0 aliphatic carbocycles. The molecule has 0 aliphatic rings. The first-order valence-electron chi connectivity index (χ1n) is 6.47. The number of hydrogen-bond acceptors (Lipinski definition) is 3. The number of hydrogen-bond donors (Lipinski definition) is 1. The third kappa shape index (κ3) is 2.85. The lowest BCUT2D eigenvalue weighted by atomic mass is 10.3. The van der Waals surface area contributed by atoms with E-state index in [1.54, 1.807) is 24.4 Å².